The molecule has 0 radical (unpaired) electrons. The highest BCUT2D eigenvalue weighted by molar-refractivity contribution is 6.30. The number of aliphatic hydroxyl groups excluding tert-OH is 1. The number of benzene rings is 1. The fourth-order valence-corrected chi connectivity index (χ4v) is 3.00. The van der Waals surface area contributed by atoms with E-state index >= 15 is 0 Å². The minimum Gasteiger partial charge on any atom is -0.396 e. The van der Waals surface area contributed by atoms with Crippen molar-refractivity contribution in [1.82, 2.24) is 14.8 Å². The van der Waals surface area contributed by atoms with Crippen LogP contribution in [-0.2, 0) is 6.54 Å². The summed E-state index contributed by atoms with van der Waals surface area (Å²) in [5, 5.41) is 14.8. The van der Waals surface area contributed by atoms with Crippen LogP contribution in [0.3, 0.4) is 0 Å². The minimum atomic E-state index is 0.129. The highest BCUT2D eigenvalue weighted by atomic mass is 35.5. The molecule has 3 rings (SSSR count). The molecule has 0 amide bonds. The van der Waals surface area contributed by atoms with E-state index < -0.39 is 0 Å². The van der Waals surface area contributed by atoms with Gasteiger partial charge < -0.3 is 5.11 Å². The minimum absolute atomic E-state index is 0.129. The van der Waals surface area contributed by atoms with Crippen LogP contribution in [0.5, 0.6) is 0 Å². The Kier molecular flexibility index (Phi) is 4.03. The van der Waals surface area contributed by atoms with Crippen LogP contribution >= 0.6 is 11.6 Å². The lowest BCUT2D eigenvalue weighted by Crippen LogP contribution is -2.24. The summed E-state index contributed by atoms with van der Waals surface area (Å²) in [6.07, 6.45) is 5.78. The molecule has 1 aliphatic rings. The largest absolute Gasteiger partial charge is 0.396 e. The van der Waals surface area contributed by atoms with Gasteiger partial charge in [-0.3, -0.25) is 4.68 Å². The lowest BCUT2D eigenvalue weighted by molar-refractivity contribution is 0.196. The van der Waals surface area contributed by atoms with Crippen molar-refractivity contribution < 1.29 is 5.11 Å². The molecule has 1 heterocycles. The van der Waals surface area contributed by atoms with Crippen molar-refractivity contribution >= 4 is 11.6 Å². The van der Waals surface area contributed by atoms with E-state index in [1.54, 1.807) is 12.7 Å². The van der Waals surface area contributed by atoms with Crippen molar-refractivity contribution in [3.05, 3.63) is 47.5 Å². The first-order valence-corrected chi connectivity index (χ1v) is 7.34. The molecule has 20 heavy (non-hydrogen) atoms. The molecule has 5 heteroatoms. The Morgan fingerprint density at radius 2 is 2.05 bits per heavy atom. The zero-order valence-electron chi connectivity index (χ0n) is 11.2. The van der Waals surface area contributed by atoms with Gasteiger partial charge in [-0.15, -0.1) is 0 Å². The third kappa shape index (κ3) is 3.02. The molecule has 2 atom stereocenters. The Morgan fingerprint density at radius 3 is 2.60 bits per heavy atom. The van der Waals surface area contributed by atoms with E-state index in [1.807, 2.05) is 28.9 Å². The molecular weight excluding hydrogens is 274 g/mol. The molecule has 0 saturated heterocycles. The molecule has 1 N–H and O–H groups in total. The average molecular weight is 292 g/mol. The number of hydrogen-bond donors (Lipinski definition) is 1. The maximum Gasteiger partial charge on any atom is 0.137 e. The standard InChI is InChI=1S/C15H18ClN3O/c16-13-5-3-12(4-6-13)15(8-20)14(11-1-2-11)7-19-10-17-9-18-19/h3-6,9-11,14-15,20H,1-2,7-8H2. The van der Waals surface area contributed by atoms with Gasteiger partial charge in [-0.1, -0.05) is 23.7 Å². The zero-order valence-corrected chi connectivity index (χ0v) is 11.9. The lowest BCUT2D eigenvalue weighted by Gasteiger charge is -2.26. The average Bonchev–Trinajstić information content (AvgIpc) is 3.18. The molecule has 0 spiro atoms. The molecule has 106 valence electrons. The highest BCUT2D eigenvalue weighted by Crippen LogP contribution is 2.44. The number of halogens is 1. The summed E-state index contributed by atoms with van der Waals surface area (Å²) >= 11 is 5.94. The zero-order chi connectivity index (χ0) is 13.9. The van der Waals surface area contributed by atoms with Crippen LogP contribution in [0.15, 0.2) is 36.9 Å². The van der Waals surface area contributed by atoms with Gasteiger partial charge >= 0.3 is 0 Å². The molecule has 1 aromatic carbocycles. The van der Waals surface area contributed by atoms with Crippen molar-refractivity contribution in [1.29, 1.82) is 0 Å². The molecule has 4 nitrogen and oxygen atoms in total. The molecule has 2 aromatic rings. The summed E-state index contributed by atoms with van der Waals surface area (Å²) in [4.78, 5) is 4.00. The fourth-order valence-electron chi connectivity index (χ4n) is 2.87. The fraction of sp³-hybridized carbons (Fsp3) is 0.467. The number of aliphatic hydroxyl groups is 1. The Bertz CT molecular complexity index is 537. The van der Waals surface area contributed by atoms with Crippen molar-refractivity contribution in [3.8, 4) is 0 Å². The Hall–Kier alpha value is -1.39. The maximum atomic E-state index is 9.85. The van der Waals surface area contributed by atoms with E-state index in [0.29, 0.717) is 11.8 Å². The Morgan fingerprint density at radius 1 is 1.30 bits per heavy atom. The van der Waals surface area contributed by atoms with Gasteiger partial charge in [-0.25, -0.2) is 4.98 Å². The SMILES string of the molecule is OCC(c1ccc(Cl)cc1)C(Cn1cncn1)C1CC1. The van der Waals surface area contributed by atoms with Crippen LogP contribution in [-0.4, -0.2) is 26.5 Å². The quantitative estimate of drug-likeness (QED) is 0.890. The van der Waals surface area contributed by atoms with Gasteiger partial charge in [-0.05, 0) is 42.4 Å². The highest BCUT2D eigenvalue weighted by Gasteiger charge is 2.37. The summed E-state index contributed by atoms with van der Waals surface area (Å²) in [5.41, 5.74) is 1.15. The van der Waals surface area contributed by atoms with Crippen LogP contribution in [0, 0.1) is 11.8 Å². The molecule has 0 bridgehead atoms. The lowest BCUT2D eigenvalue weighted by atomic mass is 9.83. The van der Waals surface area contributed by atoms with Gasteiger partial charge in [0, 0.05) is 17.5 Å². The predicted molar refractivity (Wildman–Crippen MR) is 77.5 cm³/mol. The van der Waals surface area contributed by atoms with E-state index in [9.17, 15) is 5.11 Å². The first-order valence-electron chi connectivity index (χ1n) is 6.96. The maximum absolute atomic E-state index is 9.85. The number of nitrogens with zero attached hydrogens (tertiary/aromatic N) is 3. The Labute approximate surface area is 123 Å². The molecule has 0 aliphatic heterocycles. The second kappa shape index (κ2) is 5.94. The van der Waals surface area contributed by atoms with Crippen molar-refractivity contribution in [3.63, 3.8) is 0 Å². The van der Waals surface area contributed by atoms with Crippen LogP contribution in [0.4, 0.5) is 0 Å². The first-order chi connectivity index (χ1) is 9.78. The second-order valence-electron chi connectivity index (χ2n) is 5.46. The van der Waals surface area contributed by atoms with Gasteiger partial charge in [0.25, 0.3) is 0 Å². The van der Waals surface area contributed by atoms with Gasteiger partial charge in [0.2, 0.25) is 0 Å². The van der Waals surface area contributed by atoms with Gasteiger partial charge in [0.15, 0.2) is 0 Å². The topological polar surface area (TPSA) is 50.9 Å². The second-order valence-corrected chi connectivity index (χ2v) is 5.90. The number of aromatic nitrogens is 3. The van der Waals surface area contributed by atoms with E-state index in [0.717, 1.165) is 17.1 Å². The molecule has 1 fully saturated rings. The van der Waals surface area contributed by atoms with Crippen LogP contribution < -0.4 is 0 Å². The summed E-state index contributed by atoms with van der Waals surface area (Å²) in [7, 11) is 0. The molecule has 1 aliphatic carbocycles. The monoisotopic (exact) mass is 291 g/mol. The predicted octanol–water partition coefficient (Wildman–Crippen LogP) is 2.73. The van der Waals surface area contributed by atoms with E-state index in [2.05, 4.69) is 10.1 Å². The molecule has 1 aromatic heterocycles. The molecule has 1 saturated carbocycles. The summed E-state index contributed by atoms with van der Waals surface area (Å²) in [6.45, 7) is 0.954. The summed E-state index contributed by atoms with van der Waals surface area (Å²) in [5.74, 6) is 1.19. The van der Waals surface area contributed by atoms with Crippen LogP contribution in [0.1, 0.15) is 24.3 Å². The smallest absolute Gasteiger partial charge is 0.137 e. The van der Waals surface area contributed by atoms with Crippen LogP contribution in [0.2, 0.25) is 5.02 Å². The van der Waals surface area contributed by atoms with Crippen molar-refractivity contribution in [2.24, 2.45) is 11.8 Å². The normalized spacial score (nSPS) is 17.9. The molecule has 2 unspecified atom stereocenters. The number of hydrogen-bond acceptors (Lipinski definition) is 3. The van der Waals surface area contributed by atoms with E-state index in [4.69, 9.17) is 11.6 Å². The van der Waals surface area contributed by atoms with E-state index in [-0.39, 0.29) is 12.5 Å². The Balaban J connectivity index is 1.82. The summed E-state index contributed by atoms with van der Waals surface area (Å²) < 4.78 is 1.86. The van der Waals surface area contributed by atoms with Gasteiger partial charge in [0.05, 0.1) is 6.61 Å². The number of rotatable bonds is 6. The van der Waals surface area contributed by atoms with Crippen molar-refractivity contribution in [2.75, 3.05) is 6.61 Å². The molecular formula is C15H18ClN3O. The van der Waals surface area contributed by atoms with E-state index in [1.165, 1.54) is 12.8 Å². The summed E-state index contributed by atoms with van der Waals surface area (Å²) in [6, 6.07) is 7.80. The third-order valence-corrected chi connectivity index (χ3v) is 4.36. The van der Waals surface area contributed by atoms with Crippen molar-refractivity contribution in [2.45, 2.75) is 25.3 Å². The third-order valence-electron chi connectivity index (χ3n) is 4.10. The van der Waals surface area contributed by atoms with Gasteiger partial charge in [0.1, 0.15) is 12.7 Å². The van der Waals surface area contributed by atoms with Crippen LogP contribution in [0.25, 0.3) is 0 Å². The van der Waals surface area contributed by atoms with Gasteiger partial charge in [-0.2, -0.15) is 5.10 Å². The first kappa shape index (κ1) is 13.6.